The standard InChI is InChI=1S/C26H25N3O2S2/c30-25(29-13-10-21-19(11-15-33-21)24(29)22-6-5-14-32-22)17-8-9-18-20(16-17)27-23-7-3-1-2-4-12-28(23)26(18)31/h5-6,8-9,11,14-16,24H,1-4,7,10,12-13H2. The lowest BCUT2D eigenvalue weighted by molar-refractivity contribution is 0.0699. The zero-order valence-corrected chi connectivity index (χ0v) is 20.0. The number of nitrogens with zero attached hydrogens (tertiary/aromatic N) is 3. The molecule has 6 rings (SSSR count). The van der Waals surface area contributed by atoms with E-state index in [4.69, 9.17) is 4.98 Å². The monoisotopic (exact) mass is 475 g/mol. The molecule has 7 heteroatoms. The average molecular weight is 476 g/mol. The van der Waals surface area contributed by atoms with Crippen LogP contribution in [0.3, 0.4) is 0 Å². The molecule has 168 valence electrons. The van der Waals surface area contributed by atoms with Gasteiger partial charge in [0.25, 0.3) is 11.5 Å². The fourth-order valence-electron chi connectivity index (χ4n) is 5.18. The van der Waals surface area contributed by atoms with Crippen LogP contribution in [0.1, 0.15) is 63.2 Å². The first-order valence-corrected chi connectivity index (χ1v) is 13.4. The van der Waals surface area contributed by atoms with E-state index >= 15 is 0 Å². The molecule has 0 fully saturated rings. The van der Waals surface area contributed by atoms with Crippen LogP contribution < -0.4 is 5.56 Å². The first kappa shape index (κ1) is 20.8. The summed E-state index contributed by atoms with van der Waals surface area (Å²) < 4.78 is 1.85. The third kappa shape index (κ3) is 3.63. The van der Waals surface area contributed by atoms with Crippen molar-refractivity contribution in [3.63, 3.8) is 0 Å². The van der Waals surface area contributed by atoms with Crippen molar-refractivity contribution in [2.45, 2.75) is 51.1 Å². The highest BCUT2D eigenvalue weighted by Gasteiger charge is 2.34. The van der Waals surface area contributed by atoms with Crippen LogP contribution in [-0.4, -0.2) is 26.9 Å². The first-order valence-electron chi connectivity index (χ1n) is 11.6. The number of carbonyl (C=O) groups excluding carboxylic acids is 1. The number of hydrogen-bond donors (Lipinski definition) is 0. The number of hydrogen-bond acceptors (Lipinski definition) is 5. The number of aryl methyl sites for hydroxylation is 1. The van der Waals surface area contributed by atoms with Crippen molar-refractivity contribution in [2.75, 3.05) is 6.54 Å². The van der Waals surface area contributed by atoms with Crippen molar-refractivity contribution >= 4 is 39.5 Å². The molecule has 4 aromatic rings. The molecular weight excluding hydrogens is 450 g/mol. The predicted molar refractivity (Wildman–Crippen MR) is 133 cm³/mol. The lowest BCUT2D eigenvalue weighted by atomic mass is 9.97. The minimum atomic E-state index is -0.0578. The van der Waals surface area contributed by atoms with Gasteiger partial charge < -0.3 is 4.90 Å². The second kappa shape index (κ2) is 8.54. The summed E-state index contributed by atoms with van der Waals surface area (Å²) in [5, 5.41) is 4.80. The van der Waals surface area contributed by atoms with Gasteiger partial charge in [0.2, 0.25) is 0 Å². The minimum absolute atomic E-state index is 0.000736. The van der Waals surface area contributed by atoms with Gasteiger partial charge in [-0.1, -0.05) is 18.9 Å². The van der Waals surface area contributed by atoms with Crippen LogP contribution >= 0.6 is 22.7 Å². The first-order chi connectivity index (χ1) is 16.2. The maximum atomic E-state index is 13.8. The van der Waals surface area contributed by atoms with Gasteiger partial charge in [-0.2, -0.15) is 0 Å². The van der Waals surface area contributed by atoms with Gasteiger partial charge in [0, 0.05) is 34.8 Å². The summed E-state index contributed by atoms with van der Waals surface area (Å²) in [7, 11) is 0. The quantitative estimate of drug-likeness (QED) is 0.389. The molecule has 3 aromatic heterocycles. The summed E-state index contributed by atoms with van der Waals surface area (Å²) in [4.78, 5) is 36.3. The summed E-state index contributed by atoms with van der Waals surface area (Å²) in [6.07, 6.45) is 6.09. The van der Waals surface area contributed by atoms with E-state index < -0.39 is 0 Å². The second-order valence-corrected chi connectivity index (χ2v) is 10.8. The molecule has 5 heterocycles. The molecule has 0 radical (unpaired) electrons. The number of rotatable bonds is 2. The van der Waals surface area contributed by atoms with Gasteiger partial charge in [0.05, 0.1) is 16.9 Å². The van der Waals surface area contributed by atoms with Gasteiger partial charge in [-0.15, -0.1) is 22.7 Å². The maximum Gasteiger partial charge on any atom is 0.261 e. The van der Waals surface area contributed by atoms with Gasteiger partial charge in [-0.3, -0.25) is 14.2 Å². The average Bonchev–Trinajstić information content (AvgIpc) is 3.51. The molecule has 1 amide bonds. The lowest BCUT2D eigenvalue weighted by Crippen LogP contribution is -2.39. The van der Waals surface area contributed by atoms with E-state index in [2.05, 4.69) is 22.9 Å². The molecule has 0 aliphatic carbocycles. The van der Waals surface area contributed by atoms with Crippen molar-refractivity contribution < 1.29 is 4.79 Å². The topological polar surface area (TPSA) is 55.2 Å². The highest BCUT2D eigenvalue weighted by atomic mass is 32.1. The van der Waals surface area contributed by atoms with Crippen molar-refractivity contribution in [3.8, 4) is 0 Å². The molecule has 5 nitrogen and oxygen atoms in total. The number of thiophene rings is 2. The van der Waals surface area contributed by atoms with Crippen LogP contribution in [0.4, 0.5) is 0 Å². The Morgan fingerprint density at radius 1 is 0.970 bits per heavy atom. The molecule has 0 saturated carbocycles. The van der Waals surface area contributed by atoms with E-state index in [0.717, 1.165) is 44.5 Å². The Balaban J connectivity index is 1.41. The second-order valence-electron chi connectivity index (χ2n) is 8.85. The Morgan fingerprint density at radius 2 is 1.88 bits per heavy atom. The van der Waals surface area contributed by atoms with Crippen LogP contribution in [0.15, 0.2) is 52.0 Å². The third-order valence-corrected chi connectivity index (χ3v) is 8.77. The molecule has 2 aliphatic rings. The van der Waals surface area contributed by atoms with Gasteiger partial charge in [-0.25, -0.2) is 4.98 Å². The van der Waals surface area contributed by atoms with Crippen LogP contribution in [0.5, 0.6) is 0 Å². The van der Waals surface area contributed by atoms with Gasteiger partial charge in [0.15, 0.2) is 0 Å². The Morgan fingerprint density at radius 3 is 2.76 bits per heavy atom. The number of aromatic nitrogens is 2. The van der Waals surface area contributed by atoms with E-state index in [-0.39, 0.29) is 17.5 Å². The SMILES string of the molecule is O=C(c1ccc2c(=O)n3c(nc2c1)CCCCCC3)N1CCc2sccc2C1c1cccs1. The van der Waals surface area contributed by atoms with Crippen LogP contribution in [0.25, 0.3) is 10.9 Å². The summed E-state index contributed by atoms with van der Waals surface area (Å²) >= 11 is 3.47. The fraction of sp³-hybridized carbons (Fsp3) is 0.346. The molecule has 2 aliphatic heterocycles. The molecule has 0 bridgehead atoms. The summed E-state index contributed by atoms with van der Waals surface area (Å²) in [6, 6.07) is 11.7. The normalized spacial score (nSPS) is 18.4. The maximum absolute atomic E-state index is 13.8. The molecule has 0 spiro atoms. The van der Waals surface area contributed by atoms with E-state index in [1.165, 1.54) is 21.7 Å². The molecule has 1 aromatic carbocycles. The molecule has 1 unspecified atom stereocenters. The van der Waals surface area contributed by atoms with Crippen molar-refractivity contribution in [1.82, 2.24) is 14.5 Å². The van der Waals surface area contributed by atoms with E-state index in [1.54, 1.807) is 34.8 Å². The highest BCUT2D eigenvalue weighted by Crippen LogP contribution is 2.40. The minimum Gasteiger partial charge on any atom is -0.326 e. The predicted octanol–water partition coefficient (Wildman–Crippen LogP) is 5.42. The highest BCUT2D eigenvalue weighted by molar-refractivity contribution is 7.10. The zero-order valence-electron chi connectivity index (χ0n) is 18.3. The molecular formula is C26H25N3O2S2. The fourth-order valence-corrected chi connectivity index (χ4v) is 6.94. The smallest absolute Gasteiger partial charge is 0.261 e. The van der Waals surface area contributed by atoms with Crippen LogP contribution in [0.2, 0.25) is 0 Å². The number of carbonyl (C=O) groups is 1. The number of amides is 1. The zero-order chi connectivity index (χ0) is 22.4. The summed E-state index contributed by atoms with van der Waals surface area (Å²) in [6.45, 7) is 1.42. The Labute approximate surface area is 200 Å². The summed E-state index contributed by atoms with van der Waals surface area (Å²) in [5.74, 6) is 0.856. The number of benzene rings is 1. The van der Waals surface area contributed by atoms with Gasteiger partial charge in [0.1, 0.15) is 5.82 Å². The van der Waals surface area contributed by atoms with Crippen LogP contribution in [-0.2, 0) is 19.4 Å². The molecule has 33 heavy (non-hydrogen) atoms. The third-order valence-electron chi connectivity index (χ3n) is 6.85. The Bertz CT molecular complexity index is 1390. The van der Waals surface area contributed by atoms with Crippen molar-refractivity contribution in [2.24, 2.45) is 0 Å². The van der Waals surface area contributed by atoms with Crippen molar-refractivity contribution in [1.29, 1.82) is 0 Å². The van der Waals surface area contributed by atoms with E-state index in [9.17, 15) is 9.59 Å². The van der Waals surface area contributed by atoms with Gasteiger partial charge in [-0.05, 0) is 65.9 Å². The van der Waals surface area contributed by atoms with Gasteiger partial charge >= 0.3 is 0 Å². The Kier molecular flexibility index (Phi) is 5.38. The largest absolute Gasteiger partial charge is 0.326 e. The molecule has 0 N–H and O–H groups in total. The van der Waals surface area contributed by atoms with E-state index in [0.29, 0.717) is 23.0 Å². The lowest BCUT2D eigenvalue weighted by Gasteiger charge is -2.35. The Hall–Kier alpha value is -2.77. The summed E-state index contributed by atoms with van der Waals surface area (Å²) in [5.41, 5.74) is 2.50. The molecule has 1 atom stereocenters. The van der Waals surface area contributed by atoms with E-state index in [1.807, 2.05) is 21.6 Å². The van der Waals surface area contributed by atoms with Crippen LogP contribution in [0, 0.1) is 0 Å². The number of fused-ring (bicyclic) bond motifs is 3. The van der Waals surface area contributed by atoms with Crippen molar-refractivity contribution in [3.05, 3.63) is 84.2 Å². The molecule has 0 saturated heterocycles.